The van der Waals surface area contributed by atoms with Crippen LogP contribution in [0.5, 0.6) is 0 Å². The van der Waals surface area contributed by atoms with E-state index in [-0.39, 0.29) is 0 Å². The Balaban J connectivity index is 2.39. The molecule has 0 spiro atoms. The largest absolute Gasteiger partial charge is 0.314 e. The molecule has 102 valence electrons. The summed E-state index contributed by atoms with van der Waals surface area (Å²) in [5, 5.41) is 3.71. The molecule has 0 radical (unpaired) electrons. The smallest absolute Gasteiger partial charge is 0.0107 e. The average molecular weight is 240 g/mol. The van der Waals surface area contributed by atoms with Crippen molar-refractivity contribution in [1.29, 1.82) is 0 Å². The molecule has 0 aliphatic heterocycles. The second-order valence-electron chi connectivity index (χ2n) is 5.68. The highest BCUT2D eigenvalue weighted by molar-refractivity contribution is 4.81. The molecule has 1 aliphatic rings. The van der Waals surface area contributed by atoms with E-state index in [1.54, 1.807) is 0 Å². The molecule has 1 fully saturated rings. The van der Waals surface area contributed by atoms with Gasteiger partial charge in [-0.1, -0.05) is 39.5 Å². The van der Waals surface area contributed by atoms with Gasteiger partial charge in [0.15, 0.2) is 0 Å². The predicted octanol–water partition coefficient (Wildman–Crippen LogP) is 3.28. The standard InChI is InChI=1S/C15H32N2/c1-4-6-12-17(3)13-14-10-8-7-9-11-15(14)16-5-2/h14-16H,4-13H2,1-3H3. The molecule has 1 rings (SSSR count). The van der Waals surface area contributed by atoms with Crippen LogP contribution in [0, 0.1) is 5.92 Å². The Morgan fingerprint density at radius 1 is 1.12 bits per heavy atom. The first-order valence-electron chi connectivity index (χ1n) is 7.69. The highest BCUT2D eigenvalue weighted by Crippen LogP contribution is 2.24. The minimum absolute atomic E-state index is 0.770. The lowest BCUT2D eigenvalue weighted by molar-refractivity contribution is 0.223. The Morgan fingerprint density at radius 3 is 2.59 bits per heavy atom. The summed E-state index contributed by atoms with van der Waals surface area (Å²) in [5.41, 5.74) is 0. The van der Waals surface area contributed by atoms with Gasteiger partial charge >= 0.3 is 0 Å². The molecule has 17 heavy (non-hydrogen) atoms. The molecule has 0 bridgehead atoms. The molecule has 1 N–H and O–H groups in total. The van der Waals surface area contributed by atoms with Gasteiger partial charge in [0.05, 0.1) is 0 Å². The zero-order valence-corrected chi connectivity index (χ0v) is 12.2. The maximum atomic E-state index is 3.71. The zero-order chi connectivity index (χ0) is 12.5. The third-order valence-corrected chi connectivity index (χ3v) is 4.06. The lowest BCUT2D eigenvalue weighted by Gasteiger charge is -2.30. The van der Waals surface area contributed by atoms with Crippen molar-refractivity contribution in [3.63, 3.8) is 0 Å². The van der Waals surface area contributed by atoms with Crippen LogP contribution in [-0.4, -0.2) is 37.6 Å². The molecule has 1 aliphatic carbocycles. The van der Waals surface area contributed by atoms with Crippen LogP contribution in [0.25, 0.3) is 0 Å². The summed E-state index contributed by atoms with van der Waals surface area (Å²) in [6, 6.07) is 0.770. The molecule has 2 unspecified atom stereocenters. The quantitative estimate of drug-likeness (QED) is 0.687. The number of rotatable bonds is 7. The van der Waals surface area contributed by atoms with Crippen LogP contribution in [0.15, 0.2) is 0 Å². The summed E-state index contributed by atoms with van der Waals surface area (Å²) >= 11 is 0. The lowest BCUT2D eigenvalue weighted by atomic mass is 9.94. The van der Waals surface area contributed by atoms with E-state index in [4.69, 9.17) is 0 Å². The Kier molecular flexibility index (Phi) is 7.87. The molecular weight excluding hydrogens is 208 g/mol. The van der Waals surface area contributed by atoms with Crippen LogP contribution in [-0.2, 0) is 0 Å². The van der Waals surface area contributed by atoms with Crippen LogP contribution < -0.4 is 5.32 Å². The van der Waals surface area contributed by atoms with Gasteiger partial charge in [0.2, 0.25) is 0 Å². The van der Waals surface area contributed by atoms with E-state index in [1.165, 1.54) is 58.0 Å². The molecular formula is C15H32N2. The van der Waals surface area contributed by atoms with Gasteiger partial charge in [0, 0.05) is 12.6 Å². The molecule has 0 aromatic heterocycles. The van der Waals surface area contributed by atoms with Gasteiger partial charge < -0.3 is 10.2 Å². The number of nitrogens with zero attached hydrogens (tertiary/aromatic N) is 1. The van der Waals surface area contributed by atoms with Gasteiger partial charge in [-0.25, -0.2) is 0 Å². The first-order valence-corrected chi connectivity index (χ1v) is 7.69. The van der Waals surface area contributed by atoms with E-state index in [1.807, 2.05) is 0 Å². The van der Waals surface area contributed by atoms with Gasteiger partial charge in [-0.15, -0.1) is 0 Å². The van der Waals surface area contributed by atoms with E-state index in [2.05, 4.69) is 31.1 Å². The lowest BCUT2D eigenvalue weighted by Crippen LogP contribution is -2.41. The molecule has 0 heterocycles. The van der Waals surface area contributed by atoms with E-state index in [0.29, 0.717) is 0 Å². The summed E-state index contributed by atoms with van der Waals surface area (Å²) in [6.45, 7) is 8.20. The normalized spacial score (nSPS) is 26.1. The van der Waals surface area contributed by atoms with Crippen LogP contribution in [0.2, 0.25) is 0 Å². The minimum Gasteiger partial charge on any atom is -0.314 e. The average Bonchev–Trinajstić information content (AvgIpc) is 2.53. The van der Waals surface area contributed by atoms with Gasteiger partial charge in [-0.05, 0) is 45.3 Å². The van der Waals surface area contributed by atoms with Crippen molar-refractivity contribution >= 4 is 0 Å². The topological polar surface area (TPSA) is 15.3 Å². The molecule has 2 atom stereocenters. The van der Waals surface area contributed by atoms with Gasteiger partial charge in [0.1, 0.15) is 0 Å². The molecule has 0 aromatic carbocycles. The molecule has 2 nitrogen and oxygen atoms in total. The van der Waals surface area contributed by atoms with E-state index >= 15 is 0 Å². The Hall–Kier alpha value is -0.0800. The summed E-state index contributed by atoms with van der Waals surface area (Å²) in [6.07, 6.45) is 9.77. The SMILES string of the molecule is CCCCN(C)CC1CCCCCC1NCC. The van der Waals surface area contributed by atoms with E-state index < -0.39 is 0 Å². The summed E-state index contributed by atoms with van der Waals surface area (Å²) in [5.74, 6) is 0.874. The number of hydrogen-bond acceptors (Lipinski definition) is 2. The van der Waals surface area contributed by atoms with E-state index in [0.717, 1.165) is 18.5 Å². The Bertz CT molecular complexity index is 182. The number of nitrogens with one attached hydrogen (secondary N) is 1. The van der Waals surface area contributed by atoms with Crippen molar-refractivity contribution in [1.82, 2.24) is 10.2 Å². The molecule has 0 saturated heterocycles. The van der Waals surface area contributed by atoms with Gasteiger partial charge in [-0.2, -0.15) is 0 Å². The zero-order valence-electron chi connectivity index (χ0n) is 12.2. The highest BCUT2D eigenvalue weighted by Gasteiger charge is 2.23. The second kappa shape index (κ2) is 8.93. The number of unbranched alkanes of at least 4 members (excludes halogenated alkanes) is 1. The van der Waals surface area contributed by atoms with Crippen molar-refractivity contribution in [2.45, 2.75) is 64.8 Å². The predicted molar refractivity (Wildman–Crippen MR) is 76.4 cm³/mol. The van der Waals surface area contributed by atoms with Gasteiger partial charge in [0.25, 0.3) is 0 Å². The Labute approximate surface area is 108 Å². The second-order valence-corrected chi connectivity index (χ2v) is 5.68. The first-order chi connectivity index (χ1) is 8.27. The molecule has 1 saturated carbocycles. The third kappa shape index (κ3) is 5.87. The molecule has 2 heteroatoms. The monoisotopic (exact) mass is 240 g/mol. The highest BCUT2D eigenvalue weighted by atomic mass is 15.1. The van der Waals surface area contributed by atoms with Crippen molar-refractivity contribution in [3.05, 3.63) is 0 Å². The van der Waals surface area contributed by atoms with E-state index in [9.17, 15) is 0 Å². The maximum Gasteiger partial charge on any atom is 0.0107 e. The summed E-state index contributed by atoms with van der Waals surface area (Å²) in [4.78, 5) is 2.55. The first kappa shape index (κ1) is 15.0. The molecule has 0 aromatic rings. The molecule has 0 amide bonds. The fraction of sp³-hybridized carbons (Fsp3) is 1.00. The van der Waals surface area contributed by atoms with Crippen molar-refractivity contribution < 1.29 is 0 Å². The van der Waals surface area contributed by atoms with Crippen molar-refractivity contribution in [2.75, 3.05) is 26.7 Å². The maximum absolute atomic E-state index is 3.71. The summed E-state index contributed by atoms with van der Waals surface area (Å²) < 4.78 is 0. The third-order valence-electron chi connectivity index (χ3n) is 4.06. The minimum atomic E-state index is 0.770. The van der Waals surface area contributed by atoms with Crippen LogP contribution in [0.3, 0.4) is 0 Å². The van der Waals surface area contributed by atoms with Crippen LogP contribution >= 0.6 is 0 Å². The fourth-order valence-electron chi connectivity index (χ4n) is 3.05. The summed E-state index contributed by atoms with van der Waals surface area (Å²) in [7, 11) is 2.30. The van der Waals surface area contributed by atoms with Gasteiger partial charge in [-0.3, -0.25) is 0 Å². The Morgan fingerprint density at radius 2 is 1.88 bits per heavy atom. The van der Waals surface area contributed by atoms with Crippen molar-refractivity contribution in [2.24, 2.45) is 5.92 Å². The van der Waals surface area contributed by atoms with Crippen LogP contribution in [0.4, 0.5) is 0 Å². The van der Waals surface area contributed by atoms with Crippen LogP contribution in [0.1, 0.15) is 58.8 Å². The van der Waals surface area contributed by atoms with Crippen molar-refractivity contribution in [3.8, 4) is 0 Å². The number of hydrogen-bond donors (Lipinski definition) is 1. The fourth-order valence-corrected chi connectivity index (χ4v) is 3.05.